The van der Waals surface area contributed by atoms with Crippen molar-refractivity contribution in [3.63, 3.8) is 0 Å². The van der Waals surface area contributed by atoms with E-state index in [2.05, 4.69) is 5.10 Å². The molecule has 0 bridgehead atoms. The van der Waals surface area contributed by atoms with Gasteiger partial charge in [0.25, 0.3) is 0 Å². The molecule has 1 aromatic heterocycles. The Morgan fingerprint density at radius 3 is 2.78 bits per heavy atom. The zero-order valence-corrected chi connectivity index (χ0v) is 15.4. The molecule has 0 unspecified atom stereocenters. The molecule has 2 aromatic carbocycles. The fourth-order valence-electron chi connectivity index (χ4n) is 2.92. The van der Waals surface area contributed by atoms with Crippen LogP contribution >= 0.6 is 11.6 Å². The van der Waals surface area contributed by atoms with Crippen molar-refractivity contribution >= 4 is 23.5 Å². The summed E-state index contributed by atoms with van der Waals surface area (Å²) in [6.07, 6.45) is 3.21. The van der Waals surface area contributed by atoms with Crippen LogP contribution in [-0.4, -0.2) is 22.4 Å². The molecule has 3 aromatic rings. The smallest absolute Gasteiger partial charge is 0.231 e. The van der Waals surface area contributed by atoms with Gasteiger partial charge in [0.15, 0.2) is 17.3 Å². The van der Waals surface area contributed by atoms with Crippen LogP contribution in [0.3, 0.4) is 0 Å². The molecule has 1 aliphatic heterocycles. The number of ketones is 1. The number of aryl methyl sites for hydroxylation is 1. The largest absolute Gasteiger partial charge is 0.454 e. The molecule has 0 aliphatic carbocycles. The Morgan fingerprint density at radius 1 is 1.19 bits per heavy atom. The van der Waals surface area contributed by atoms with Gasteiger partial charge in [0.05, 0.1) is 12.2 Å². The molecule has 1 aliphatic rings. The van der Waals surface area contributed by atoms with Gasteiger partial charge < -0.3 is 9.47 Å². The first-order valence-corrected chi connectivity index (χ1v) is 8.88. The Bertz CT molecular complexity index is 1030. The van der Waals surface area contributed by atoms with Gasteiger partial charge >= 0.3 is 0 Å². The van der Waals surface area contributed by atoms with Crippen molar-refractivity contribution in [3.05, 3.63) is 82.1 Å². The number of fused-ring (bicyclic) bond motifs is 1. The van der Waals surface area contributed by atoms with Crippen molar-refractivity contribution in [3.8, 4) is 11.5 Å². The van der Waals surface area contributed by atoms with Crippen LogP contribution in [0.5, 0.6) is 11.5 Å². The second-order valence-electron chi connectivity index (χ2n) is 6.20. The lowest BCUT2D eigenvalue weighted by Gasteiger charge is -2.03. The van der Waals surface area contributed by atoms with Crippen LogP contribution in [0, 0.1) is 6.92 Å². The third kappa shape index (κ3) is 3.59. The molecule has 0 saturated carbocycles. The van der Waals surface area contributed by atoms with E-state index >= 15 is 0 Å². The Kier molecular flexibility index (Phi) is 4.69. The number of aromatic nitrogens is 2. The van der Waals surface area contributed by atoms with Gasteiger partial charge in [0, 0.05) is 11.1 Å². The Hall–Kier alpha value is -3.05. The van der Waals surface area contributed by atoms with E-state index < -0.39 is 0 Å². The summed E-state index contributed by atoms with van der Waals surface area (Å²) in [5, 5.41) is 4.99. The molecular weight excluding hydrogens is 364 g/mol. The normalized spacial score (nSPS) is 12.7. The molecule has 4 rings (SSSR count). The van der Waals surface area contributed by atoms with E-state index in [0.29, 0.717) is 28.8 Å². The fourth-order valence-corrected chi connectivity index (χ4v) is 3.22. The zero-order chi connectivity index (χ0) is 18.8. The van der Waals surface area contributed by atoms with Gasteiger partial charge in [0.2, 0.25) is 6.79 Å². The predicted octanol–water partition coefficient (Wildman–Crippen LogP) is 4.52. The van der Waals surface area contributed by atoms with Crippen LogP contribution in [0.15, 0.2) is 54.6 Å². The Labute approximate surface area is 161 Å². The summed E-state index contributed by atoms with van der Waals surface area (Å²) in [4.78, 5) is 12.5. The zero-order valence-electron chi connectivity index (χ0n) is 14.7. The Balaban J connectivity index is 1.54. The summed E-state index contributed by atoms with van der Waals surface area (Å²) in [7, 11) is 0. The fraction of sp³-hybridized carbons (Fsp3) is 0.143. The molecule has 5 nitrogen and oxygen atoms in total. The van der Waals surface area contributed by atoms with Crippen molar-refractivity contribution in [2.75, 3.05) is 6.79 Å². The van der Waals surface area contributed by atoms with E-state index in [1.807, 2.05) is 37.3 Å². The number of halogens is 1. The highest BCUT2D eigenvalue weighted by Crippen LogP contribution is 2.32. The molecular formula is C21H17ClN2O3. The van der Waals surface area contributed by atoms with Crippen LogP contribution in [0.25, 0.3) is 6.08 Å². The number of hydrogen-bond donors (Lipinski definition) is 0. The van der Waals surface area contributed by atoms with E-state index in [9.17, 15) is 4.79 Å². The molecule has 2 heterocycles. The summed E-state index contributed by atoms with van der Waals surface area (Å²) in [5.41, 5.74) is 3.14. The van der Waals surface area contributed by atoms with Crippen LogP contribution in [0.1, 0.15) is 27.2 Å². The SMILES string of the molecule is Cc1nn(Cc2ccccc2)c(Cl)c1/C=C/C(=O)c1ccc2c(c1)OCO2. The predicted molar refractivity (Wildman–Crippen MR) is 103 cm³/mol. The lowest BCUT2D eigenvalue weighted by molar-refractivity contribution is 0.104. The van der Waals surface area contributed by atoms with Gasteiger partial charge in [-0.3, -0.25) is 4.79 Å². The van der Waals surface area contributed by atoms with Crippen LogP contribution in [0.2, 0.25) is 5.15 Å². The maximum absolute atomic E-state index is 12.5. The van der Waals surface area contributed by atoms with Gasteiger partial charge in [-0.1, -0.05) is 41.9 Å². The standard InChI is InChI=1S/C21H17ClN2O3/c1-14-17(21(22)24(23-14)12-15-5-3-2-4-6-15)8-9-18(25)16-7-10-19-20(11-16)27-13-26-19/h2-11H,12-13H2,1H3/b9-8+. The van der Waals surface area contributed by atoms with Gasteiger partial charge in [0.1, 0.15) is 5.15 Å². The highest BCUT2D eigenvalue weighted by atomic mass is 35.5. The van der Waals surface area contributed by atoms with E-state index in [1.165, 1.54) is 6.08 Å². The number of carbonyl (C=O) groups excluding carboxylic acids is 1. The van der Waals surface area contributed by atoms with Crippen LogP contribution < -0.4 is 9.47 Å². The number of ether oxygens (including phenoxy) is 2. The van der Waals surface area contributed by atoms with Gasteiger partial charge in [-0.15, -0.1) is 0 Å². The maximum Gasteiger partial charge on any atom is 0.231 e. The minimum Gasteiger partial charge on any atom is -0.454 e. The molecule has 0 saturated heterocycles. The highest BCUT2D eigenvalue weighted by molar-refractivity contribution is 6.31. The lowest BCUT2D eigenvalue weighted by Crippen LogP contribution is -2.01. The van der Waals surface area contributed by atoms with Crippen molar-refractivity contribution in [1.29, 1.82) is 0 Å². The van der Waals surface area contributed by atoms with Crippen molar-refractivity contribution < 1.29 is 14.3 Å². The van der Waals surface area contributed by atoms with E-state index in [1.54, 1.807) is 29.0 Å². The van der Waals surface area contributed by atoms with Crippen molar-refractivity contribution in [2.45, 2.75) is 13.5 Å². The molecule has 0 amide bonds. The first-order valence-electron chi connectivity index (χ1n) is 8.51. The molecule has 27 heavy (non-hydrogen) atoms. The summed E-state index contributed by atoms with van der Waals surface area (Å²) in [6, 6.07) is 15.1. The number of hydrogen-bond acceptors (Lipinski definition) is 4. The van der Waals surface area contributed by atoms with E-state index in [0.717, 1.165) is 16.8 Å². The third-order valence-electron chi connectivity index (χ3n) is 4.34. The first kappa shape index (κ1) is 17.4. The second-order valence-corrected chi connectivity index (χ2v) is 6.56. The minimum atomic E-state index is -0.139. The molecule has 6 heteroatoms. The summed E-state index contributed by atoms with van der Waals surface area (Å²) < 4.78 is 12.3. The summed E-state index contributed by atoms with van der Waals surface area (Å²) in [5.74, 6) is 1.09. The average molecular weight is 381 g/mol. The summed E-state index contributed by atoms with van der Waals surface area (Å²) >= 11 is 6.49. The molecule has 0 fully saturated rings. The molecule has 136 valence electrons. The first-order chi connectivity index (χ1) is 13.1. The van der Waals surface area contributed by atoms with Gasteiger partial charge in [-0.2, -0.15) is 5.10 Å². The molecule has 0 N–H and O–H groups in total. The van der Waals surface area contributed by atoms with E-state index in [4.69, 9.17) is 21.1 Å². The summed E-state index contributed by atoms with van der Waals surface area (Å²) in [6.45, 7) is 2.63. The Morgan fingerprint density at radius 2 is 1.96 bits per heavy atom. The van der Waals surface area contributed by atoms with Crippen LogP contribution in [-0.2, 0) is 6.54 Å². The second kappa shape index (κ2) is 7.29. The quantitative estimate of drug-likeness (QED) is 0.482. The lowest BCUT2D eigenvalue weighted by atomic mass is 10.1. The molecule has 0 atom stereocenters. The van der Waals surface area contributed by atoms with E-state index in [-0.39, 0.29) is 12.6 Å². The van der Waals surface area contributed by atoms with Crippen molar-refractivity contribution in [2.24, 2.45) is 0 Å². The molecule has 0 spiro atoms. The number of rotatable bonds is 5. The number of nitrogens with zero attached hydrogens (tertiary/aromatic N) is 2. The number of allylic oxidation sites excluding steroid dienone is 1. The topological polar surface area (TPSA) is 53.4 Å². The van der Waals surface area contributed by atoms with Crippen LogP contribution in [0.4, 0.5) is 0 Å². The maximum atomic E-state index is 12.5. The van der Waals surface area contributed by atoms with Crippen molar-refractivity contribution in [1.82, 2.24) is 9.78 Å². The van der Waals surface area contributed by atoms with Gasteiger partial charge in [-0.05, 0) is 42.8 Å². The molecule has 0 radical (unpaired) electrons. The average Bonchev–Trinajstić information content (AvgIpc) is 3.25. The van der Waals surface area contributed by atoms with Gasteiger partial charge in [-0.25, -0.2) is 4.68 Å². The third-order valence-corrected chi connectivity index (χ3v) is 4.74. The number of carbonyl (C=O) groups is 1. The minimum absolute atomic E-state index is 0.139. The monoisotopic (exact) mass is 380 g/mol. The number of benzene rings is 2. The highest BCUT2D eigenvalue weighted by Gasteiger charge is 2.16.